The topological polar surface area (TPSA) is 38.0 Å². The maximum absolute atomic E-state index is 5.79. The summed E-state index contributed by atoms with van der Waals surface area (Å²) in [7, 11) is 0. The molecule has 1 aliphatic rings. The van der Waals surface area contributed by atoms with Crippen LogP contribution in [0, 0.1) is 11.8 Å². The molecule has 1 aliphatic carbocycles. The minimum atomic E-state index is 0.339. The van der Waals surface area contributed by atoms with E-state index < -0.39 is 0 Å². The lowest BCUT2D eigenvalue weighted by Gasteiger charge is -2.37. The number of hydrogen-bond donors (Lipinski definition) is 2. The Morgan fingerprint density at radius 3 is 2.47 bits per heavy atom. The lowest BCUT2D eigenvalue weighted by molar-refractivity contribution is 0.186. The number of hydrazine groups is 1. The van der Waals surface area contributed by atoms with Crippen LogP contribution >= 0.6 is 11.8 Å². The first-order chi connectivity index (χ1) is 7.98. The summed E-state index contributed by atoms with van der Waals surface area (Å²) in [6.45, 7) is 9.17. The van der Waals surface area contributed by atoms with Crippen LogP contribution in [0.25, 0.3) is 0 Å². The molecule has 0 spiro atoms. The highest BCUT2D eigenvalue weighted by atomic mass is 32.2. The van der Waals surface area contributed by atoms with E-state index in [-0.39, 0.29) is 0 Å². The quantitative estimate of drug-likeness (QED) is 0.585. The van der Waals surface area contributed by atoms with Gasteiger partial charge in [-0.15, -0.1) is 0 Å². The van der Waals surface area contributed by atoms with E-state index in [4.69, 9.17) is 5.84 Å². The van der Waals surface area contributed by atoms with Crippen LogP contribution in [-0.4, -0.2) is 16.5 Å². The Balaban J connectivity index is 2.52. The molecule has 0 aliphatic heterocycles. The van der Waals surface area contributed by atoms with Crippen molar-refractivity contribution in [3.63, 3.8) is 0 Å². The number of nitrogens with one attached hydrogen (secondary N) is 1. The molecule has 102 valence electrons. The highest BCUT2D eigenvalue weighted by Gasteiger charge is 2.30. The molecule has 17 heavy (non-hydrogen) atoms. The Bertz CT molecular complexity index is 213. The van der Waals surface area contributed by atoms with Gasteiger partial charge < -0.3 is 0 Å². The summed E-state index contributed by atoms with van der Waals surface area (Å²) in [6.07, 6.45) is 6.87. The van der Waals surface area contributed by atoms with Crippen molar-refractivity contribution < 1.29 is 0 Å². The highest BCUT2D eigenvalue weighted by molar-refractivity contribution is 8.00. The summed E-state index contributed by atoms with van der Waals surface area (Å²) in [6, 6.07) is 0.490. The summed E-state index contributed by atoms with van der Waals surface area (Å²) in [5, 5.41) is 0. The SMILES string of the molecule is CCC1CCCCC1C(CSC(C)(C)C)NN. The lowest BCUT2D eigenvalue weighted by Crippen LogP contribution is -2.46. The van der Waals surface area contributed by atoms with Crippen LogP contribution < -0.4 is 11.3 Å². The van der Waals surface area contributed by atoms with E-state index >= 15 is 0 Å². The number of rotatable bonds is 5. The zero-order valence-corrected chi connectivity index (χ0v) is 12.8. The van der Waals surface area contributed by atoms with Gasteiger partial charge in [-0.3, -0.25) is 11.3 Å². The fourth-order valence-corrected chi connectivity index (χ4v) is 3.93. The molecule has 0 aromatic heterocycles. The molecule has 0 aromatic rings. The third-order valence-electron chi connectivity index (χ3n) is 3.92. The molecule has 0 heterocycles. The summed E-state index contributed by atoms with van der Waals surface area (Å²) in [5.41, 5.74) is 3.09. The fraction of sp³-hybridized carbons (Fsp3) is 1.00. The lowest BCUT2D eigenvalue weighted by atomic mass is 9.74. The van der Waals surface area contributed by atoms with Crippen LogP contribution in [-0.2, 0) is 0 Å². The van der Waals surface area contributed by atoms with Crippen molar-refractivity contribution in [2.75, 3.05) is 5.75 Å². The van der Waals surface area contributed by atoms with Crippen molar-refractivity contribution in [3.05, 3.63) is 0 Å². The van der Waals surface area contributed by atoms with Gasteiger partial charge >= 0.3 is 0 Å². The summed E-state index contributed by atoms with van der Waals surface area (Å²) in [5.74, 6) is 8.59. The molecule has 1 fully saturated rings. The zero-order valence-electron chi connectivity index (χ0n) is 12.0. The standard InChI is InChI=1S/C14H30N2S/c1-5-11-8-6-7-9-12(11)13(16-15)10-17-14(2,3)4/h11-13,16H,5-10,15H2,1-4H3. The molecule has 1 saturated carbocycles. The molecule has 0 aromatic carbocycles. The smallest absolute Gasteiger partial charge is 0.0332 e. The van der Waals surface area contributed by atoms with Crippen LogP contribution in [0.5, 0.6) is 0 Å². The molecule has 0 amide bonds. The van der Waals surface area contributed by atoms with E-state index in [0.717, 1.165) is 17.6 Å². The van der Waals surface area contributed by atoms with Gasteiger partial charge in [0.15, 0.2) is 0 Å². The summed E-state index contributed by atoms with van der Waals surface area (Å²) >= 11 is 2.03. The Labute approximate surface area is 111 Å². The van der Waals surface area contributed by atoms with Gasteiger partial charge in [0.1, 0.15) is 0 Å². The van der Waals surface area contributed by atoms with Crippen LogP contribution in [0.1, 0.15) is 59.8 Å². The summed E-state index contributed by atoms with van der Waals surface area (Å²) in [4.78, 5) is 0. The predicted octanol–water partition coefficient (Wildman–Crippen LogP) is 3.57. The normalized spacial score (nSPS) is 28.1. The molecule has 1 rings (SSSR count). The van der Waals surface area contributed by atoms with Gasteiger partial charge in [0, 0.05) is 16.5 Å². The maximum atomic E-state index is 5.79. The molecule has 0 bridgehead atoms. The third-order valence-corrected chi connectivity index (χ3v) is 5.31. The fourth-order valence-electron chi connectivity index (χ4n) is 2.91. The second-order valence-electron chi connectivity index (χ2n) is 6.31. The molecule has 0 saturated heterocycles. The predicted molar refractivity (Wildman–Crippen MR) is 79.1 cm³/mol. The second kappa shape index (κ2) is 7.01. The van der Waals surface area contributed by atoms with Crippen molar-refractivity contribution in [2.24, 2.45) is 17.7 Å². The molecular weight excluding hydrogens is 228 g/mol. The van der Waals surface area contributed by atoms with Crippen molar-refractivity contribution in [3.8, 4) is 0 Å². The molecule has 3 atom stereocenters. The van der Waals surface area contributed by atoms with Crippen LogP contribution in [0.2, 0.25) is 0 Å². The first-order valence-electron chi connectivity index (χ1n) is 7.08. The van der Waals surface area contributed by atoms with Crippen molar-refractivity contribution in [1.29, 1.82) is 0 Å². The second-order valence-corrected chi connectivity index (χ2v) is 8.16. The average Bonchev–Trinajstić information content (AvgIpc) is 2.29. The van der Waals surface area contributed by atoms with Gasteiger partial charge in [0.05, 0.1) is 0 Å². The van der Waals surface area contributed by atoms with Crippen molar-refractivity contribution >= 4 is 11.8 Å². The first-order valence-corrected chi connectivity index (χ1v) is 8.06. The number of thioether (sulfide) groups is 1. The van der Waals surface area contributed by atoms with Crippen molar-refractivity contribution in [2.45, 2.75) is 70.6 Å². The Morgan fingerprint density at radius 1 is 1.29 bits per heavy atom. The van der Waals surface area contributed by atoms with Crippen molar-refractivity contribution in [1.82, 2.24) is 5.43 Å². The van der Waals surface area contributed by atoms with Crippen LogP contribution in [0.4, 0.5) is 0 Å². The highest BCUT2D eigenvalue weighted by Crippen LogP contribution is 2.36. The minimum absolute atomic E-state index is 0.339. The molecule has 3 N–H and O–H groups in total. The van der Waals surface area contributed by atoms with Gasteiger partial charge in [0.2, 0.25) is 0 Å². The third kappa shape index (κ3) is 5.19. The number of hydrogen-bond acceptors (Lipinski definition) is 3. The van der Waals surface area contributed by atoms with Gasteiger partial charge in [-0.2, -0.15) is 11.8 Å². The molecule has 2 nitrogen and oxygen atoms in total. The number of nitrogens with two attached hydrogens (primary N) is 1. The largest absolute Gasteiger partial charge is 0.271 e. The Morgan fingerprint density at radius 2 is 1.94 bits per heavy atom. The van der Waals surface area contributed by atoms with E-state index in [1.54, 1.807) is 0 Å². The van der Waals surface area contributed by atoms with Gasteiger partial charge in [0.25, 0.3) is 0 Å². The molecular formula is C14H30N2S. The molecule has 0 radical (unpaired) electrons. The van der Waals surface area contributed by atoms with E-state index in [9.17, 15) is 0 Å². The average molecular weight is 258 g/mol. The molecule has 3 unspecified atom stereocenters. The monoisotopic (exact) mass is 258 g/mol. The van der Waals surface area contributed by atoms with Gasteiger partial charge in [-0.1, -0.05) is 53.4 Å². The van der Waals surface area contributed by atoms with Gasteiger partial charge in [-0.05, 0) is 18.3 Å². The van der Waals surface area contributed by atoms with E-state index in [2.05, 4.69) is 33.1 Å². The van der Waals surface area contributed by atoms with E-state index in [0.29, 0.717) is 10.8 Å². The van der Waals surface area contributed by atoms with E-state index in [1.165, 1.54) is 32.1 Å². The van der Waals surface area contributed by atoms with Crippen LogP contribution in [0.3, 0.4) is 0 Å². The van der Waals surface area contributed by atoms with Crippen LogP contribution in [0.15, 0.2) is 0 Å². The first kappa shape index (κ1) is 15.3. The maximum Gasteiger partial charge on any atom is 0.0332 e. The summed E-state index contributed by atoms with van der Waals surface area (Å²) < 4.78 is 0.339. The van der Waals surface area contributed by atoms with Gasteiger partial charge in [-0.25, -0.2) is 0 Å². The van der Waals surface area contributed by atoms with E-state index in [1.807, 2.05) is 11.8 Å². The zero-order chi connectivity index (χ0) is 12.9. The molecule has 3 heteroatoms. The Kier molecular flexibility index (Phi) is 6.32. The minimum Gasteiger partial charge on any atom is -0.271 e. The Hall–Kier alpha value is 0.270.